The van der Waals surface area contributed by atoms with Gasteiger partial charge in [-0.05, 0) is 47.9 Å². The zero-order chi connectivity index (χ0) is 18.5. The van der Waals surface area contributed by atoms with Crippen molar-refractivity contribution in [3.8, 4) is 11.5 Å². The number of phenols is 1. The molecule has 1 amide bonds. The van der Waals surface area contributed by atoms with Crippen LogP contribution in [0.25, 0.3) is 0 Å². The summed E-state index contributed by atoms with van der Waals surface area (Å²) < 4.78 is 5.04. The fourth-order valence-electron chi connectivity index (χ4n) is 2.39. The predicted molar refractivity (Wildman–Crippen MR) is 104 cm³/mol. The van der Waals surface area contributed by atoms with Gasteiger partial charge in [0.05, 0.1) is 18.6 Å². The molecule has 1 aliphatic heterocycles. The standard InChI is InChI=1S/C18H16ClN3O3S/c1-25-15-8-12(5-6-14(15)23)10-20-22-18-21-17(24)16(26-18)9-11-3-2-4-13(19)7-11/h2-8,10,16,23H,9H2,1H3,(H,21,22,24)/b20-10+. The minimum atomic E-state index is -0.267. The summed E-state index contributed by atoms with van der Waals surface area (Å²) >= 11 is 7.31. The Kier molecular flexibility index (Phi) is 5.80. The van der Waals surface area contributed by atoms with Gasteiger partial charge in [-0.3, -0.25) is 4.79 Å². The van der Waals surface area contributed by atoms with E-state index in [4.69, 9.17) is 16.3 Å². The quantitative estimate of drug-likeness (QED) is 0.607. The molecular weight excluding hydrogens is 374 g/mol. The number of benzene rings is 2. The maximum Gasteiger partial charge on any atom is 0.239 e. The van der Waals surface area contributed by atoms with Crippen molar-refractivity contribution >= 4 is 40.7 Å². The first kappa shape index (κ1) is 18.3. The van der Waals surface area contributed by atoms with Crippen molar-refractivity contribution in [3.63, 3.8) is 0 Å². The molecule has 2 aromatic carbocycles. The Morgan fingerprint density at radius 3 is 2.96 bits per heavy atom. The summed E-state index contributed by atoms with van der Waals surface area (Å²) in [4.78, 5) is 12.1. The van der Waals surface area contributed by atoms with E-state index in [0.717, 1.165) is 5.56 Å². The molecule has 2 N–H and O–H groups in total. The van der Waals surface area contributed by atoms with Gasteiger partial charge in [0.25, 0.3) is 0 Å². The molecule has 3 rings (SSSR count). The van der Waals surface area contributed by atoms with E-state index in [1.165, 1.54) is 31.2 Å². The van der Waals surface area contributed by atoms with E-state index < -0.39 is 0 Å². The molecule has 1 atom stereocenters. The number of halogens is 1. The zero-order valence-corrected chi connectivity index (χ0v) is 15.4. The number of nitrogens with zero attached hydrogens (tertiary/aromatic N) is 2. The number of rotatable bonds is 5. The summed E-state index contributed by atoms with van der Waals surface area (Å²) in [5, 5.41) is 21.2. The monoisotopic (exact) mass is 389 g/mol. The fourth-order valence-corrected chi connectivity index (χ4v) is 3.56. The Bertz CT molecular complexity index is 886. The number of methoxy groups -OCH3 is 1. The lowest BCUT2D eigenvalue weighted by Crippen LogP contribution is -2.25. The molecule has 1 fully saturated rings. The number of ether oxygens (including phenoxy) is 1. The van der Waals surface area contributed by atoms with Crippen molar-refractivity contribution in [1.29, 1.82) is 0 Å². The van der Waals surface area contributed by atoms with E-state index >= 15 is 0 Å². The van der Waals surface area contributed by atoms with Crippen LogP contribution < -0.4 is 10.1 Å². The third-order valence-electron chi connectivity index (χ3n) is 3.65. The number of amidine groups is 1. The van der Waals surface area contributed by atoms with Crippen molar-refractivity contribution in [2.75, 3.05) is 7.11 Å². The Hall–Kier alpha value is -2.51. The second kappa shape index (κ2) is 8.25. The Balaban J connectivity index is 1.64. The summed E-state index contributed by atoms with van der Waals surface area (Å²) in [6, 6.07) is 12.3. The maximum atomic E-state index is 12.1. The third kappa shape index (κ3) is 4.56. The first-order chi connectivity index (χ1) is 12.5. The summed E-state index contributed by atoms with van der Waals surface area (Å²) in [5.41, 5.74) is 1.71. The lowest BCUT2D eigenvalue weighted by atomic mass is 10.1. The first-order valence-electron chi connectivity index (χ1n) is 7.75. The first-order valence-corrected chi connectivity index (χ1v) is 9.01. The molecule has 8 heteroatoms. The zero-order valence-electron chi connectivity index (χ0n) is 13.8. The molecule has 26 heavy (non-hydrogen) atoms. The Labute approximate surface area is 159 Å². The average Bonchev–Trinajstić information content (AvgIpc) is 2.96. The van der Waals surface area contributed by atoms with Crippen LogP contribution in [0, 0.1) is 0 Å². The van der Waals surface area contributed by atoms with Crippen LogP contribution in [0.1, 0.15) is 11.1 Å². The number of phenolic OH excluding ortho intramolecular Hbond substituents is 1. The molecule has 0 radical (unpaired) electrons. The van der Waals surface area contributed by atoms with Crippen molar-refractivity contribution in [1.82, 2.24) is 5.32 Å². The third-order valence-corrected chi connectivity index (χ3v) is 4.95. The molecule has 6 nitrogen and oxygen atoms in total. The molecule has 0 saturated carbocycles. The molecule has 1 unspecified atom stereocenters. The Morgan fingerprint density at radius 1 is 1.35 bits per heavy atom. The second-order valence-electron chi connectivity index (χ2n) is 5.51. The average molecular weight is 390 g/mol. The molecule has 0 spiro atoms. The number of aromatic hydroxyl groups is 1. The number of carbonyl (C=O) groups is 1. The smallest absolute Gasteiger partial charge is 0.239 e. The van der Waals surface area contributed by atoms with Crippen LogP contribution in [-0.2, 0) is 11.2 Å². The lowest BCUT2D eigenvalue weighted by molar-refractivity contribution is -0.118. The summed E-state index contributed by atoms with van der Waals surface area (Å²) in [6.07, 6.45) is 2.08. The van der Waals surface area contributed by atoms with E-state index in [0.29, 0.717) is 27.9 Å². The maximum absolute atomic E-state index is 12.1. The number of thioether (sulfide) groups is 1. The topological polar surface area (TPSA) is 83.3 Å². The van der Waals surface area contributed by atoms with E-state index in [1.807, 2.05) is 18.2 Å². The lowest BCUT2D eigenvalue weighted by Gasteiger charge is -2.05. The van der Waals surface area contributed by atoms with Gasteiger partial charge in [0.2, 0.25) is 5.91 Å². The number of hydrogen-bond donors (Lipinski definition) is 2. The van der Waals surface area contributed by atoms with Gasteiger partial charge in [-0.25, -0.2) is 0 Å². The largest absolute Gasteiger partial charge is 0.504 e. The van der Waals surface area contributed by atoms with Crippen LogP contribution in [0.3, 0.4) is 0 Å². The van der Waals surface area contributed by atoms with Gasteiger partial charge >= 0.3 is 0 Å². The molecule has 0 aliphatic carbocycles. The molecule has 0 bridgehead atoms. The number of hydrogen-bond acceptors (Lipinski definition) is 6. The number of amides is 1. The van der Waals surface area contributed by atoms with Crippen LogP contribution in [0.5, 0.6) is 11.5 Å². The van der Waals surface area contributed by atoms with Crippen LogP contribution in [0.15, 0.2) is 52.7 Å². The van der Waals surface area contributed by atoms with Crippen molar-refractivity contribution in [2.24, 2.45) is 10.2 Å². The molecule has 0 aromatic heterocycles. The minimum absolute atomic E-state index is 0.0541. The van der Waals surface area contributed by atoms with Crippen molar-refractivity contribution in [3.05, 3.63) is 58.6 Å². The summed E-state index contributed by atoms with van der Waals surface area (Å²) in [6.45, 7) is 0. The molecule has 1 heterocycles. The van der Waals surface area contributed by atoms with Crippen molar-refractivity contribution < 1.29 is 14.6 Å². The van der Waals surface area contributed by atoms with E-state index in [9.17, 15) is 9.90 Å². The highest BCUT2D eigenvalue weighted by molar-refractivity contribution is 8.15. The SMILES string of the molecule is COc1cc(/C=N/N=C2\NC(=O)C(Cc3cccc(Cl)c3)S2)ccc1O. The summed E-state index contributed by atoms with van der Waals surface area (Å²) in [7, 11) is 1.47. The highest BCUT2D eigenvalue weighted by Gasteiger charge is 2.30. The van der Waals surface area contributed by atoms with E-state index in [1.54, 1.807) is 18.2 Å². The molecule has 2 aromatic rings. The number of nitrogens with one attached hydrogen (secondary N) is 1. The highest BCUT2D eigenvalue weighted by Crippen LogP contribution is 2.26. The van der Waals surface area contributed by atoms with Crippen LogP contribution >= 0.6 is 23.4 Å². The van der Waals surface area contributed by atoms with Gasteiger partial charge in [-0.2, -0.15) is 5.10 Å². The van der Waals surface area contributed by atoms with Crippen LogP contribution in [0.4, 0.5) is 0 Å². The van der Waals surface area contributed by atoms with E-state index in [-0.39, 0.29) is 16.9 Å². The normalized spacial score (nSPS) is 18.5. The minimum Gasteiger partial charge on any atom is -0.504 e. The summed E-state index contributed by atoms with van der Waals surface area (Å²) in [5.74, 6) is 0.306. The van der Waals surface area contributed by atoms with Gasteiger partial charge in [0, 0.05) is 5.02 Å². The van der Waals surface area contributed by atoms with E-state index in [2.05, 4.69) is 15.5 Å². The van der Waals surface area contributed by atoms with Gasteiger partial charge < -0.3 is 15.2 Å². The Morgan fingerprint density at radius 2 is 2.19 bits per heavy atom. The molecular formula is C18H16ClN3O3S. The number of carbonyl (C=O) groups excluding carboxylic acids is 1. The fraction of sp³-hybridized carbons (Fsp3) is 0.167. The predicted octanol–water partition coefficient (Wildman–Crippen LogP) is 3.22. The van der Waals surface area contributed by atoms with Crippen molar-refractivity contribution in [2.45, 2.75) is 11.7 Å². The molecule has 1 saturated heterocycles. The molecule has 1 aliphatic rings. The molecule has 134 valence electrons. The van der Waals surface area contributed by atoms with Gasteiger partial charge in [-0.1, -0.05) is 35.5 Å². The van der Waals surface area contributed by atoms with Gasteiger partial charge in [-0.15, -0.1) is 5.10 Å². The van der Waals surface area contributed by atoms with Crippen LogP contribution in [0.2, 0.25) is 5.02 Å². The van der Waals surface area contributed by atoms with Crippen LogP contribution in [-0.4, -0.2) is 34.8 Å². The highest BCUT2D eigenvalue weighted by atomic mass is 35.5. The van der Waals surface area contributed by atoms with Gasteiger partial charge in [0.1, 0.15) is 0 Å². The second-order valence-corrected chi connectivity index (χ2v) is 7.14. The van der Waals surface area contributed by atoms with Gasteiger partial charge in [0.15, 0.2) is 16.7 Å².